The predicted octanol–water partition coefficient (Wildman–Crippen LogP) is 3.72. The van der Waals surface area contributed by atoms with Crippen molar-refractivity contribution in [1.29, 1.82) is 5.26 Å². The Bertz CT molecular complexity index is 950. The Morgan fingerprint density at radius 1 is 1.22 bits per heavy atom. The van der Waals surface area contributed by atoms with E-state index in [-0.39, 0.29) is 5.91 Å². The van der Waals surface area contributed by atoms with Crippen LogP contribution in [0.15, 0.2) is 48.9 Å². The summed E-state index contributed by atoms with van der Waals surface area (Å²) >= 11 is 1.38. The van der Waals surface area contributed by atoms with Crippen molar-refractivity contribution >= 4 is 28.9 Å². The van der Waals surface area contributed by atoms with Crippen molar-refractivity contribution in [3.63, 3.8) is 0 Å². The second-order valence-corrected chi connectivity index (χ2v) is 6.67. The van der Waals surface area contributed by atoms with E-state index in [1.807, 2.05) is 31.2 Å². The second kappa shape index (κ2) is 8.87. The lowest BCUT2D eigenvalue weighted by Gasteiger charge is -2.18. The molecule has 3 aromatic heterocycles. The number of carbonyl (C=O) groups is 1. The van der Waals surface area contributed by atoms with Crippen molar-refractivity contribution in [1.82, 2.24) is 19.9 Å². The number of nitrogens with one attached hydrogen (secondary N) is 1. The highest BCUT2D eigenvalue weighted by Gasteiger charge is 2.17. The molecule has 0 bridgehead atoms. The van der Waals surface area contributed by atoms with E-state index < -0.39 is 0 Å². The molecule has 3 aromatic rings. The van der Waals surface area contributed by atoms with Crippen molar-refractivity contribution in [3.8, 4) is 16.6 Å². The maximum Gasteiger partial charge on any atom is 0.263 e. The van der Waals surface area contributed by atoms with Gasteiger partial charge in [0.25, 0.3) is 5.91 Å². The first-order chi connectivity index (χ1) is 13.2. The van der Waals surface area contributed by atoms with E-state index in [1.54, 1.807) is 29.6 Å². The van der Waals surface area contributed by atoms with E-state index in [4.69, 9.17) is 5.26 Å². The largest absolute Gasteiger partial charge is 0.337 e. The van der Waals surface area contributed by atoms with Crippen LogP contribution in [0.5, 0.6) is 0 Å². The highest BCUT2D eigenvalue weighted by Crippen LogP contribution is 2.28. The van der Waals surface area contributed by atoms with Crippen molar-refractivity contribution in [3.05, 3.63) is 53.8 Å². The third-order valence-corrected chi connectivity index (χ3v) is 4.92. The zero-order valence-corrected chi connectivity index (χ0v) is 15.6. The molecule has 0 fully saturated rings. The number of hydrogen-bond acceptors (Lipinski definition) is 7. The van der Waals surface area contributed by atoms with Crippen LogP contribution in [0.3, 0.4) is 0 Å². The molecular formula is C19H18N6OS. The molecule has 0 aliphatic heterocycles. The molecule has 0 saturated carbocycles. The molecule has 8 heteroatoms. The molecule has 1 amide bonds. The standard InChI is InChI=1S/C19H18N6OS/c1-2-25(13-3-9-20)18(26)17-5-4-16(27-17)15-8-12-22-19(24-15)23-14-6-10-21-11-7-14/h4-8,10-12H,2-3,13H2,1H3,(H,21,22,23,24). The zero-order chi connectivity index (χ0) is 19.1. The molecule has 0 aliphatic rings. The van der Waals surface area contributed by atoms with Gasteiger partial charge in [-0.2, -0.15) is 5.26 Å². The third-order valence-electron chi connectivity index (χ3n) is 3.82. The number of pyridine rings is 1. The summed E-state index contributed by atoms with van der Waals surface area (Å²) in [6, 6.07) is 11.2. The molecular weight excluding hydrogens is 360 g/mol. The van der Waals surface area contributed by atoms with Gasteiger partial charge in [0.1, 0.15) is 0 Å². The molecule has 0 atom stereocenters. The van der Waals surface area contributed by atoms with Gasteiger partial charge in [-0.25, -0.2) is 9.97 Å². The summed E-state index contributed by atoms with van der Waals surface area (Å²) in [5.41, 5.74) is 1.59. The van der Waals surface area contributed by atoms with Crippen molar-refractivity contribution < 1.29 is 4.79 Å². The van der Waals surface area contributed by atoms with Crippen molar-refractivity contribution in [2.24, 2.45) is 0 Å². The lowest BCUT2D eigenvalue weighted by atomic mass is 10.3. The van der Waals surface area contributed by atoms with Gasteiger partial charge in [-0.05, 0) is 37.3 Å². The van der Waals surface area contributed by atoms with Gasteiger partial charge in [0.05, 0.1) is 27.9 Å². The van der Waals surface area contributed by atoms with Crippen LogP contribution < -0.4 is 5.32 Å². The molecule has 0 radical (unpaired) electrons. The fourth-order valence-electron chi connectivity index (χ4n) is 2.46. The highest BCUT2D eigenvalue weighted by molar-refractivity contribution is 7.17. The van der Waals surface area contributed by atoms with Gasteiger partial charge < -0.3 is 10.2 Å². The molecule has 0 aromatic carbocycles. The number of carbonyl (C=O) groups excluding carboxylic acids is 1. The molecule has 3 heterocycles. The lowest BCUT2D eigenvalue weighted by molar-refractivity contribution is 0.0772. The maximum atomic E-state index is 12.6. The van der Waals surface area contributed by atoms with Crippen LogP contribution in [0.25, 0.3) is 10.6 Å². The maximum absolute atomic E-state index is 12.6. The summed E-state index contributed by atoms with van der Waals surface area (Å²) in [5, 5.41) is 11.9. The average Bonchev–Trinajstić information content (AvgIpc) is 3.20. The average molecular weight is 378 g/mol. The van der Waals surface area contributed by atoms with Gasteiger partial charge in [0.15, 0.2) is 0 Å². The zero-order valence-electron chi connectivity index (χ0n) is 14.8. The van der Waals surface area contributed by atoms with Crippen molar-refractivity contribution in [2.75, 3.05) is 18.4 Å². The Morgan fingerprint density at radius 2 is 2.04 bits per heavy atom. The highest BCUT2D eigenvalue weighted by atomic mass is 32.1. The Labute approximate surface area is 161 Å². The van der Waals surface area contributed by atoms with Crippen molar-refractivity contribution in [2.45, 2.75) is 13.3 Å². The molecule has 7 nitrogen and oxygen atoms in total. The predicted molar refractivity (Wildman–Crippen MR) is 105 cm³/mol. The summed E-state index contributed by atoms with van der Waals surface area (Å²) in [7, 11) is 0. The number of amides is 1. The molecule has 0 aliphatic carbocycles. The summed E-state index contributed by atoms with van der Waals surface area (Å²) in [5.74, 6) is 0.414. The molecule has 136 valence electrons. The molecule has 0 spiro atoms. The minimum atomic E-state index is -0.0619. The number of thiophene rings is 1. The molecule has 27 heavy (non-hydrogen) atoms. The molecule has 0 saturated heterocycles. The number of aromatic nitrogens is 3. The topological polar surface area (TPSA) is 94.8 Å². The smallest absolute Gasteiger partial charge is 0.263 e. The fourth-order valence-corrected chi connectivity index (χ4v) is 3.40. The van der Waals surface area contributed by atoms with E-state index >= 15 is 0 Å². The van der Waals surface area contributed by atoms with Crippen LogP contribution in [0, 0.1) is 11.3 Å². The van der Waals surface area contributed by atoms with Gasteiger partial charge in [-0.15, -0.1) is 11.3 Å². The van der Waals surface area contributed by atoms with Crippen LogP contribution >= 0.6 is 11.3 Å². The first-order valence-corrected chi connectivity index (χ1v) is 9.29. The third kappa shape index (κ3) is 4.65. The second-order valence-electron chi connectivity index (χ2n) is 5.58. The van der Waals surface area contributed by atoms with Crippen LogP contribution in [0.2, 0.25) is 0 Å². The molecule has 1 N–H and O–H groups in total. The van der Waals surface area contributed by atoms with Gasteiger partial charge in [0, 0.05) is 37.4 Å². The Balaban J connectivity index is 1.77. The number of anilines is 2. The minimum absolute atomic E-state index is 0.0619. The number of nitrogens with zero attached hydrogens (tertiary/aromatic N) is 5. The van der Waals surface area contributed by atoms with Gasteiger partial charge in [-0.3, -0.25) is 9.78 Å². The fraction of sp³-hybridized carbons (Fsp3) is 0.211. The van der Waals surface area contributed by atoms with Crippen LogP contribution in [-0.4, -0.2) is 38.8 Å². The van der Waals surface area contributed by atoms with Crippen LogP contribution in [0.4, 0.5) is 11.6 Å². The first-order valence-electron chi connectivity index (χ1n) is 8.47. The van der Waals surface area contributed by atoms with E-state index in [0.29, 0.717) is 30.3 Å². The van der Waals surface area contributed by atoms with Crippen LogP contribution in [0.1, 0.15) is 23.0 Å². The van der Waals surface area contributed by atoms with Gasteiger partial charge in [0.2, 0.25) is 5.95 Å². The van der Waals surface area contributed by atoms with Gasteiger partial charge in [-0.1, -0.05) is 0 Å². The Hall–Kier alpha value is -3.31. The Kier molecular flexibility index (Phi) is 6.07. The monoisotopic (exact) mass is 378 g/mol. The van der Waals surface area contributed by atoms with E-state index in [2.05, 4.69) is 26.3 Å². The normalized spacial score (nSPS) is 10.2. The number of hydrogen-bond donors (Lipinski definition) is 1. The summed E-state index contributed by atoms with van der Waals surface area (Å²) in [6.45, 7) is 2.92. The van der Waals surface area contributed by atoms with E-state index in [1.165, 1.54) is 11.3 Å². The first kappa shape index (κ1) is 18.5. The van der Waals surface area contributed by atoms with E-state index in [9.17, 15) is 4.79 Å². The number of nitriles is 1. The summed E-state index contributed by atoms with van der Waals surface area (Å²) in [4.78, 5) is 28.5. The quantitative estimate of drug-likeness (QED) is 0.673. The van der Waals surface area contributed by atoms with Crippen LogP contribution in [-0.2, 0) is 0 Å². The molecule has 0 unspecified atom stereocenters. The van der Waals surface area contributed by atoms with E-state index in [0.717, 1.165) is 16.3 Å². The summed E-state index contributed by atoms with van der Waals surface area (Å²) in [6.07, 6.45) is 5.39. The number of rotatable bonds is 7. The van der Waals surface area contributed by atoms with Gasteiger partial charge >= 0.3 is 0 Å². The molecule has 3 rings (SSSR count). The lowest BCUT2D eigenvalue weighted by Crippen LogP contribution is -2.31. The minimum Gasteiger partial charge on any atom is -0.337 e. The SMILES string of the molecule is CCN(CCC#N)C(=O)c1ccc(-c2ccnc(Nc3ccncc3)n2)s1. The summed E-state index contributed by atoms with van der Waals surface area (Å²) < 4.78 is 0. The Morgan fingerprint density at radius 3 is 2.78 bits per heavy atom.